The van der Waals surface area contributed by atoms with Crippen LogP contribution in [0.25, 0.3) is 11.4 Å². The van der Waals surface area contributed by atoms with Crippen LogP contribution in [-0.2, 0) is 7.05 Å². The van der Waals surface area contributed by atoms with Gasteiger partial charge in [-0.05, 0) is 31.2 Å². The summed E-state index contributed by atoms with van der Waals surface area (Å²) >= 11 is 0. The molecule has 0 radical (unpaired) electrons. The Bertz CT molecular complexity index is 442. The van der Waals surface area contributed by atoms with Gasteiger partial charge in [0.25, 0.3) is 0 Å². The lowest BCUT2D eigenvalue weighted by Gasteiger charge is -2.01. The molecule has 0 bridgehead atoms. The van der Waals surface area contributed by atoms with Crippen LogP contribution in [0.2, 0.25) is 0 Å². The molecule has 2 rings (SSSR count). The van der Waals surface area contributed by atoms with Gasteiger partial charge in [-0.3, -0.25) is 0 Å². The van der Waals surface area contributed by atoms with Crippen LogP contribution in [0.1, 0.15) is 5.82 Å². The molecule has 0 fully saturated rings. The molecular weight excluding hydrogens is 176 g/mol. The molecule has 2 N–H and O–H groups in total. The SMILES string of the molecule is Cc1nnc(-c2ccc(N)cc2)n1C. The van der Waals surface area contributed by atoms with Crippen molar-refractivity contribution in [2.45, 2.75) is 6.92 Å². The standard InChI is InChI=1S/C10H12N4/c1-7-12-13-10(14(7)2)8-3-5-9(11)6-4-8/h3-6H,11H2,1-2H3. The van der Waals surface area contributed by atoms with Crippen molar-refractivity contribution in [2.75, 3.05) is 5.73 Å². The first kappa shape index (κ1) is 8.74. The summed E-state index contributed by atoms with van der Waals surface area (Å²) in [6.07, 6.45) is 0. The van der Waals surface area contributed by atoms with Crippen molar-refractivity contribution in [3.8, 4) is 11.4 Å². The molecule has 72 valence electrons. The second-order valence-corrected chi connectivity index (χ2v) is 3.25. The lowest BCUT2D eigenvalue weighted by Crippen LogP contribution is -1.95. The van der Waals surface area contributed by atoms with E-state index in [0.29, 0.717) is 0 Å². The summed E-state index contributed by atoms with van der Waals surface area (Å²) in [5.74, 6) is 1.76. The van der Waals surface area contributed by atoms with Gasteiger partial charge < -0.3 is 10.3 Å². The molecule has 0 amide bonds. The molecular formula is C10H12N4. The normalized spacial score (nSPS) is 10.4. The van der Waals surface area contributed by atoms with Crippen LogP contribution in [0.3, 0.4) is 0 Å². The van der Waals surface area contributed by atoms with E-state index in [1.807, 2.05) is 42.8 Å². The smallest absolute Gasteiger partial charge is 0.163 e. The highest BCUT2D eigenvalue weighted by atomic mass is 15.3. The molecule has 0 aliphatic carbocycles. The number of nitrogens with zero attached hydrogens (tertiary/aromatic N) is 3. The van der Waals surface area contributed by atoms with Crippen LogP contribution in [0.5, 0.6) is 0 Å². The van der Waals surface area contributed by atoms with Crippen molar-refractivity contribution in [3.63, 3.8) is 0 Å². The zero-order valence-corrected chi connectivity index (χ0v) is 8.23. The van der Waals surface area contributed by atoms with Gasteiger partial charge >= 0.3 is 0 Å². The van der Waals surface area contributed by atoms with E-state index in [2.05, 4.69) is 10.2 Å². The molecule has 1 aromatic carbocycles. The molecule has 0 spiro atoms. The molecule has 0 unspecified atom stereocenters. The highest BCUT2D eigenvalue weighted by Crippen LogP contribution is 2.18. The first-order valence-corrected chi connectivity index (χ1v) is 4.40. The second kappa shape index (κ2) is 3.14. The Kier molecular flexibility index (Phi) is 1.96. The first-order valence-electron chi connectivity index (χ1n) is 4.40. The Balaban J connectivity index is 2.49. The van der Waals surface area contributed by atoms with Crippen molar-refractivity contribution in [2.24, 2.45) is 7.05 Å². The van der Waals surface area contributed by atoms with E-state index in [9.17, 15) is 0 Å². The zero-order valence-electron chi connectivity index (χ0n) is 8.23. The molecule has 1 aromatic heterocycles. The van der Waals surface area contributed by atoms with Gasteiger partial charge in [0.15, 0.2) is 5.82 Å². The molecule has 0 saturated heterocycles. The third kappa shape index (κ3) is 1.35. The summed E-state index contributed by atoms with van der Waals surface area (Å²) in [4.78, 5) is 0. The number of benzene rings is 1. The Morgan fingerprint density at radius 1 is 1.14 bits per heavy atom. The molecule has 0 aliphatic rings. The monoisotopic (exact) mass is 188 g/mol. The summed E-state index contributed by atoms with van der Waals surface area (Å²) in [7, 11) is 1.95. The zero-order chi connectivity index (χ0) is 10.1. The minimum Gasteiger partial charge on any atom is -0.399 e. The number of anilines is 1. The Morgan fingerprint density at radius 3 is 2.29 bits per heavy atom. The van der Waals surface area contributed by atoms with Crippen molar-refractivity contribution in [3.05, 3.63) is 30.1 Å². The van der Waals surface area contributed by atoms with E-state index in [1.54, 1.807) is 0 Å². The quantitative estimate of drug-likeness (QED) is 0.688. The summed E-state index contributed by atoms with van der Waals surface area (Å²) in [6, 6.07) is 7.61. The molecule has 4 nitrogen and oxygen atoms in total. The number of aryl methyl sites for hydroxylation is 1. The van der Waals surface area contributed by atoms with Gasteiger partial charge in [0.05, 0.1) is 0 Å². The van der Waals surface area contributed by atoms with Crippen molar-refractivity contribution < 1.29 is 0 Å². The number of hydrogen-bond donors (Lipinski definition) is 1. The largest absolute Gasteiger partial charge is 0.399 e. The molecule has 1 heterocycles. The van der Waals surface area contributed by atoms with Gasteiger partial charge in [-0.25, -0.2) is 0 Å². The minimum atomic E-state index is 0.757. The van der Waals surface area contributed by atoms with E-state index < -0.39 is 0 Å². The fraction of sp³-hybridized carbons (Fsp3) is 0.200. The van der Waals surface area contributed by atoms with E-state index in [-0.39, 0.29) is 0 Å². The van der Waals surface area contributed by atoms with Gasteiger partial charge in [0, 0.05) is 18.3 Å². The van der Waals surface area contributed by atoms with Crippen LogP contribution in [-0.4, -0.2) is 14.8 Å². The Morgan fingerprint density at radius 2 is 1.79 bits per heavy atom. The maximum atomic E-state index is 5.61. The van der Waals surface area contributed by atoms with Gasteiger partial charge in [0.2, 0.25) is 0 Å². The second-order valence-electron chi connectivity index (χ2n) is 3.25. The van der Waals surface area contributed by atoms with Gasteiger partial charge in [-0.2, -0.15) is 0 Å². The van der Waals surface area contributed by atoms with Crippen molar-refractivity contribution in [1.82, 2.24) is 14.8 Å². The summed E-state index contributed by atoms with van der Waals surface area (Å²) in [5, 5.41) is 8.08. The predicted molar refractivity (Wildman–Crippen MR) is 55.6 cm³/mol. The summed E-state index contributed by atoms with van der Waals surface area (Å²) in [6.45, 7) is 1.92. The van der Waals surface area contributed by atoms with Crippen LogP contribution < -0.4 is 5.73 Å². The van der Waals surface area contributed by atoms with Crippen LogP contribution >= 0.6 is 0 Å². The van der Waals surface area contributed by atoms with E-state index >= 15 is 0 Å². The van der Waals surface area contributed by atoms with E-state index in [1.165, 1.54) is 0 Å². The lowest BCUT2D eigenvalue weighted by molar-refractivity contribution is 0.865. The number of nitrogens with two attached hydrogens (primary N) is 1. The maximum Gasteiger partial charge on any atom is 0.163 e. The third-order valence-corrected chi connectivity index (χ3v) is 2.26. The lowest BCUT2D eigenvalue weighted by atomic mass is 10.2. The highest BCUT2D eigenvalue weighted by molar-refractivity contribution is 5.58. The number of hydrogen-bond acceptors (Lipinski definition) is 3. The fourth-order valence-electron chi connectivity index (χ4n) is 1.29. The Hall–Kier alpha value is -1.84. The molecule has 0 saturated carbocycles. The first-order chi connectivity index (χ1) is 6.68. The topological polar surface area (TPSA) is 56.7 Å². The molecule has 2 aromatic rings. The molecule has 0 aliphatic heterocycles. The number of nitrogen functional groups attached to an aromatic ring is 1. The van der Waals surface area contributed by atoms with Gasteiger partial charge in [0.1, 0.15) is 5.82 Å². The summed E-state index contributed by atoms with van der Waals surface area (Å²) in [5.41, 5.74) is 7.39. The van der Waals surface area contributed by atoms with E-state index in [0.717, 1.165) is 22.9 Å². The average Bonchev–Trinajstić information content (AvgIpc) is 2.50. The minimum absolute atomic E-state index is 0.757. The average molecular weight is 188 g/mol. The maximum absolute atomic E-state index is 5.61. The van der Waals surface area contributed by atoms with Gasteiger partial charge in [-0.15, -0.1) is 10.2 Å². The molecule has 14 heavy (non-hydrogen) atoms. The Labute approximate surface area is 82.4 Å². The predicted octanol–water partition coefficient (Wildman–Crippen LogP) is 1.37. The van der Waals surface area contributed by atoms with Crippen LogP contribution in [0, 0.1) is 6.92 Å². The van der Waals surface area contributed by atoms with Crippen LogP contribution in [0.15, 0.2) is 24.3 Å². The van der Waals surface area contributed by atoms with Gasteiger partial charge in [-0.1, -0.05) is 0 Å². The third-order valence-electron chi connectivity index (χ3n) is 2.26. The summed E-state index contributed by atoms with van der Waals surface area (Å²) < 4.78 is 1.95. The van der Waals surface area contributed by atoms with Crippen molar-refractivity contribution in [1.29, 1.82) is 0 Å². The van der Waals surface area contributed by atoms with Crippen LogP contribution in [0.4, 0.5) is 5.69 Å². The molecule has 0 atom stereocenters. The number of rotatable bonds is 1. The van der Waals surface area contributed by atoms with Crippen molar-refractivity contribution >= 4 is 5.69 Å². The molecule has 4 heteroatoms. The highest BCUT2D eigenvalue weighted by Gasteiger charge is 2.06. The number of aromatic nitrogens is 3. The fourth-order valence-corrected chi connectivity index (χ4v) is 1.29. The van der Waals surface area contributed by atoms with E-state index in [4.69, 9.17) is 5.73 Å².